The summed E-state index contributed by atoms with van der Waals surface area (Å²) in [5.74, 6) is 0. The number of carbonyl (C=O) groups excluding carboxylic acids is 1. The van der Waals surface area contributed by atoms with Crippen molar-refractivity contribution >= 4 is 6.09 Å². The van der Waals surface area contributed by atoms with Gasteiger partial charge in [-0.1, -0.05) is 19.3 Å². The zero-order valence-electron chi connectivity index (χ0n) is 16.3. The first-order valence-corrected chi connectivity index (χ1v) is 9.78. The van der Waals surface area contributed by atoms with E-state index < -0.39 is 5.60 Å². The third-order valence-corrected chi connectivity index (χ3v) is 4.96. The number of carbonyl (C=O) groups is 1. The number of aliphatic hydroxyl groups is 1. The summed E-state index contributed by atoms with van der Waals surface area (Å²) < 4.78 is 11.1. The Labute approximate surface area is 152 Å². The maximum absolute atomic E-state index is 12.5. The van der Waals surface area contributed by atoms with Crippen LogP contribution in [0.2, 0.25) is 0 Å². The average molecular weight is 357 g/mol. The summed E-state index contributed by atoms with van der Waals surface area (Å²) in [6.07, 6.45) is 5.63. The topological polar surface area (TPSA) is 71.0 Å². The Morgan fingerprint density at radius 1 is 1.32 bits per heavy atom. The number of hydrogen-bond donors (Lipinski definition) is 2. The third kappa shape index (κ3) is 6.76. The third-order valence-electron chi connectivity index (χ3n) is 4.96. The fourth-order valence-electron chi connectivity index (χ4n) is 3.74. The molecule has 146 valence electrons. The summed E-state index contributed by atoms with van der Waals surface area (Å²) in [7, 11) is 0. The Bertz CT molecular complexity index is 424. The molecule has 2 rings (SSSR count). The molecular weight excluding hydrogens is 320 g/mol. The number of nitrogens with one attached hydrogen (secondary N) is 1. The summed E-state index contributed by atoms with van der Waals surface area (Å²) in [6, 6.07) is 0.361. The Morgan fingerprint density at radius 2 is 2.04 bits per heavy atom. The van der Waals surface area contributed by atoms with Crippen molar-refractivity contribution in [2.75, 3.05) is 19.8 Å². The predicted molar refractivity (Wildman–Crippen MR) is 97.6 cm³/mol. The Balaban J connectivity index is 1.90. The van der Waals surface area contributed by atoms with Gasteiger partial charge in [-0.05, 0) is 47.0 Å². The fourth-order valence-corrected chi connectivity index (χ4v) is 3.74. The van der Waals surface area contributed by atoms with E-state index in [0.717, 1.165) is 32.1 Å². The molecule has 1 amide bonds. The second-order valence-electron chi connectivity index (χ2n) is 8.52. The van der Waals surface area contributed by atoms with Crippen LogP contribution >= 0.6 is 0 Å². The Hall–Kier alpha value is -0.850. The van der Waals surface area contributed by atoms with Crippen LogP contribution in [-0.4, -0.2) is 65.7 Å². The van der Waals surface area contributed by atoms with E-state index >= 15 is 0 Å². The van der Waals surface area contributed by atoms with Crippen LogP contribution in [-0.2, 0) is 9.47 Å². The number of rotatable bonds is 4. The van der Waals surface area contributed by atoms with Crippen molar-refractivity contribution in [3.63, 3.8) is 0 Å². The molecule has 6 nitrogen and oxygen atoms in total. The highest BCUT2D eigenvalue weighted by atomic mass is 16.6. The van der Waals surface area contributed by atoms with E-state index in [9.17, 15) is 9.90 Å². The first-order chi connectivity index (χ1) is 11.8. The van der Waals surface area contributed by atoms with Crippen LogP contribution in [0.3, 0.4) is 0 Å². The van der Waals surface area contributed by atoms with E-state index in [1.807, 2.05) is 20.8 Å². The lowest BCUT2D eigenvalue weighted by molar-refractivity contribution is -0.0362. The molecule has 1 saturated heterocycles. The summed E-state index contributed by atoms with van der Waals surface area (Å²) in [5, 5.41) is 13.9. The number of aliphatic hydroxyl groups excluding tert-OH is 1. The number of nitrogens with zero attached hydrogens (tertiary/aromatic N) is 1. The molecule has 6 heteroatoms. The van der Waals surface area contributed by atoms with Crippen LogP contribution in [0.1, 0.15) is 66.2 Å². The van der Waals surface area contributed by atoms with Crippen molar-refractivity contribution in [2.24, 2.45) is 0 Å². The van der Waals surface area contributed by atoms with E-state index in [-0.39, 0.29) is 30.3 Å². The highest BCUT2D eigenvalue weighted by Crippen LogP contribution is 2.21. The molecular formula is C19H36N2O4. The van der Waals surface area contributed by atoms with E-state index in [1.165, 1.54) is 6.42 Å². The smallest absolute Gasteiger partial charge is 0.410 e. The predicted octanol–water partition coefficient (Wildman–Crippen LogP) is 2.68. The molecule has 1 heterocycles. The van der Waals surface area contributed by atoms with Crippen LogP contribution in [0.15, 0.2) is 0 Å². The summed E-state index contributed by atoms with van der Waals surface area (Å²) in [4.78, 5) is 14.3. The highest BCUT2D eigenvalue weighted by Gasteiger charge is 2.32. The van der Waals surface area contributed by atoms with Gasteiger partial charge in [0.05, 0.1) is 25.4 Å². The minimum Gasteiger partial charge on any atom is -0.444 e. The van der Waals surface area contributed by atoms with Gasteiger partial charge >= 0.3 is 6.09 Å². The van der Waals surface area contributed by atoms with Crippen molar-refractivity contribution in [1.82, 2.24) is 10.2 Å². The summed E-state index contributed by atoms with van der Waals surface area (Å²) >= 11 is 0. The molecule has 1 aliphatic carbocycles. The maximum atomic E-state index is 12.5. The lowest BCUT2D eigenvalue weighted by Crippen LogP contribution is -2.53. The van der Waals surface area contributed by atoms with Gasteiger partial charge < -0.3 is 24.8 Å². The van der Waals surface area contributed by atoms with Gasteiger partial charge in [0.1, 0.15) is 5.60 Å². The molecule has 25 heavy (non-hydrogen) atoms. The van der Waals surface area contributed by atoms with Gasteiger partial charge in [0.2, 0.25) is 0 Å². The van der Waals surface area contributed by atoms with Gasteiger partial charge in [0, 0.05) is 18.6 Å². The van der Waals surface area contributed by atoms with Gasteiger partial charge in [-0.25, -0.2) is 4.79 Å². The molecule has 4 unspecified atom stereocenters. The molecule has 0 spiro atoms. The van der Waals surface area contributed by atoms with Gasteiger partial charge in [0.15, 0.2) is 0 Å². The molecule has 0 aromatic heterocycles. The van der Waals surface area contributed by atoms with Crippen LogP contribution in [0, 0.1) is 0 Å². The number of ether oxygens (including phenoxy) is 2. The van der Waals surface area contributed by atoms with Crippen molar-refractivity contribution in [2.45, 2.75) is 96.1 Å². The molecule has 0 aromatic rings. The van der Waals surface area contributed by atoms with Crippen LogP contribution < -0.4 is 5.32 Å². The lowest BCUT2D eigenvalue weighted by atomic mass is 10.0. The first-order valence-electron chi connectivity index (χ1n) is 9.78. The zero-order valence-corrected chi connectivity index (χ0v) is 16.3. The number of amides is 1. The minimum atomic E-state index is -0.492. The second-order valence-corrected chi connectivity index (χ2v) is 8.52. The zero-order chi connectivity index (χ0) is 18.4. The van der Waals surface area contributed by atoms with Crippen molar-refractivity contribution in [3.05, 3.63) is 0 Å². The van der Waals surface area contributed by atoms with E-state index in [0.29, 0.717) is 19.8 Å². The summed E-state index contributed by atoms with van der Waals surface area (Å²) in [5.41, 5.74) is -0.492. The first kappa shape index (κ1) is 20.5. The van der Waals surface area contributed by atoms with Crippen molar-refractivity contribution in [1.29, 1.82) is 0 Å². The lowest BCUT2D eigenvalue weighted by Gasteiger charge is -2.38. The molecule has 0 bridgehead atoms. The van der Waals surface area contributed by atoms with Crippen LogP contribution in [0.4, 0.5) is 4.79 Å². The van der Waals surface area contributed by atoms with Gasteiger partial charge in [-0.3, -0.25) is 0 Å². The minimum absolute atomic E-state index is 0.00835. The molecule has 2 N–H and O–H groups in total. The van der Waals surface area contributed by atoms with Gasteiger partial charge in [-0.15, -0.1) is 0 Å². The van der Waals surface area contributed by atoms with Crippen LogP contribution in [0.25, 0.3) is 0 Å². The quantitative estimate of drug-likeness (QED) is 0.758. The maximum Gasteiger partial charge on any atom is 0.410 e. The number of morpholine rings is 1. The standard InChI is InChI=1S/C19H36N2O4/c1-14(20-16-8-6-5-7-9-17(16)22)12-15-13-24-11-10-21(15)18(23)25-19(2,3)4/h14-17,20,22H,5-13H2,1-4H3. The van der Waals surface area contributed by atoms with E-state index in [1.54, 1.807) is 4.90 Å². The van der Waals surface area contributed by atoms with Crippen molar-refractivity contribution in [3.8, 4) is 0 Å². The molecule has 4 atom stereocenters. The van der Waals surface area contributed by atoms with Crippen LogP contribution in [0.5, 0.6) is 0 Å². The number of hydrogen-bond acceptors (Lipinski definition) is 5. The molecule has 2 aliphatic rings. The average Bonchev–Trinajstić information content (AvgIpc) is 2.71. The molecule has 0 radical (unpaired) electrons. The second kappa shape index (κ2) is 9.19. The van der Waals surface area contributed by atoms with Gasteiger partial charge in [0.25, 0.3) is 0 Å². The van der Waals surface area contributed by atoms with Crippen molar-refractivity contribution < 1.29 is 19.4 Å². The SMILES string of the molecule is CC(CC1COCCN1C(=O)OC(C)(C)C)NC1CCCCCC1O. The molecule has 1 aliphatic heterocycles. The van der Waals surface area contributed by atoms with E-state index in [4.69, 9.17) is 9.47 Å². The molecule has 2 fully saturated rings. The Morgan fingerprint density at radius 3 is 2.76 bits per heavy atom. The fraction of sp³-hybridized carbons (Fsp3) is 0.947. The Kier molecular flexibility index (Phi) is 7.52. The molecule has 1 saturated carbocycles. The van der Waals surface area contributed by atoms with E-state index in [2.05, 4.69) is 12.2 Å². The highest BCUT2D eigenvalue weighted by molar-refractivity contribution is 5.68. The normalized spacial score (nSPS) is 29.8. The van der Waals surface area contributed by atoms with Gasteiger partial charge in [-0.2, -0.15) is 0 Å². The monoisotopic (exact) mass is 356 g/mol. The summed E-state index contributed by atoms with van der Waals surface area (Å²) in [6.45, 7) is 9.45. The largest absolute Gasteiger partial charge is 0.444 e. The molecule has 0 aromatic carbocycles.